The summed E-state index contributed by atoms with van der Waals surface area (Å²) >= 11 is 0. The summed E-state index contributed by atoms with van der Waals surface area (Å²) in [7, 11) is -1.23. The molecule has 132 valence electrons. The first kappa shape index (κ1) is 17.9. The van der Waals surface area contributed by atoms with Crippen LogP contribution in [0, 0.1) is 19.7 Å². The maximum Gasteiger partial charge on any atom is 0.268 e. The van der Waals surface area contributed by atoms with Crippen molar-refractivity contribution in [2.75, 3.05) is 23.8 Å². The molecule has 4 heteroatoms. The lowest BCUT2D eigenvalue weighted by atomic mass is 9.83. The van der Waals surface area contributed by atoms with E-state index >= 15 is 0 Å². The minimum Gasteiger partial charge on any atom is -0.322 e. The van der Waals surface area contributed by atoms with E-state index in [1.54, 1.807) is 0 Å². The molecule has 1 amide bonds. The molecule has 0 aromatic heterocycles. The van der Waals surface area contributed by atoms with Crippen LogP contribution >= 0.6 is 7.26 Å². The zero-order valence-electron chi connectivity index (χ0n) is 15.3. The first-order valence-electron chi connectivity index (χ1n) is 9.38. The number of hydrogen-bond donors (Lipinski definition) is 1. The Morgan fingerprint density at radius 2 is 1.71 bits per heavy atom. The lowest BCUT2D eigenvalue weighted by molar-refractivity contribution is -0.120. The van der Waals surface area contributed by atoms with Crippen molar-refractivity contribution in [1.29, 1.82) is 0 Å². The van der Waals surface area contributed by atoms with Crippen LogP contribution in [0.25, 0.3) is 0 Å². The third-order valence-corrected chi connectivity index (χ3v) is 12.5. The second-order valence-corrected chi connectivity index (χ2v) is 12.4. The second kappa shape index (κ2) is 6.75. The smallest absolute Gasteiger partial charge is 0.268 e. The SMILES string of the molecule is CC[P+]1(C2(C(=O)Nc3c(C)cc(F)cc3C)CCC2)CCCCC1. The number of anilines is 1. The van der Waals surface area contributed by atoms with Crippen LogP contribution in [0.5, 0.6) is 0 Å². The Hall–Kier alpha value is -0.950. The summed E-state index contributed by atoms with van der Waals surface area (Å²) in [6.07, 6.45) is 11.0. The molecule has 0 spiro atoms. The number of rotatable bonds is 4. The van der Waals surface area contributed by atoms with Crippen LogP contribution in [0.15, 0.2) is 12.1 Å². The quantitative estimate of drug-likeness (QED) is 0.711. The van der Waals surface area contributed by atoms with Gasteiger partial charge < -0.3 is 5.32 Å². The first-order chi connectivity index (χ1) is 11.4. The van der Waals surface area contributed by atoms with Crippen molar-refractivity contribution >= 4 is 18.9 Å². The molecule has 1 aliphatic heterocycles. The minimum atomic E-state index is -1.23. The Kier molecular flexibility index (Phi) is 5.02. The molecule has 1 heterocycles. The number of aryl methyl sites for hydroxylation is 2. The van der Waals surface area contributed by atoms with Crippen molar-refractivity contribution < 1.29 is 9.18 Å². The van der Waals surface area contributed by atoms with E-state index in [9.17, 15) is 9.18 Å². The minimum absolute atomic E-state index is 0.102. The highest BCUT2D eigenvalue weighted by atomic mass is 31.2. The standard InChI is InChI=1S/C20H29FNOP/c1-4-24(11-6-5-7-12-24)20(9-8-10-20)19(23)22-18-15(2)13-17(21)14-16(18)3/h13-14H,4-12H2,1-3H3/p+1. The number of benzene rings is 1. The van der Waals surface area contributed by atoms with E-state index in [-0.39, 0.29) is 16.9 Å². The molecule has 1 aromatic carbocycles. The van der Waals surface area contributed by atoms with Gasteiger partial charge in [-0.15, -0.1) is 0 Å². The molecule has 3 rings (SSSR count). The predicted molar refractivity (Wildman–Crippen MR) is 102 cm³/mol. The lowest BCUT2D eigenvalue weighted by Crippen LogP contribution is -2.52. The average molecular weight is 350 g/mol. The summed E-state index contributed by atoms with van der Waals surface area (Å²) < 4.78 is 13.6. The van der Waals surface area contributed by atoms with Crippen LogP contribution in [0.3, 0.4) is 0 Å². The summed E-state index contributed by atoms with van der Waals surface area (Å²) in [6.45, 7) is 6.07. The number of halogens is 1. The van der Waals surface area contributed by atoms with E-state index in [1.165, 1.54) is 56.3 Å². The van der Waals surface area contributed by atoms with Crippen LogP contribution in [-0.4, -0.2) is 29.5 Å². The van der Waals surface area contributed by atoms with E-state index in [0.29, 0.717) is 0 Å². The van der Waals surface area contributed by atoms with Crippen molar-refractivity contribution in [2.24, 2.45) is 0 Å². The van der Waals surface area contributed by atoms with Gasteiger partial charge in [-0.1, -0.05) is 0 Å². The fourth-order valence-electron chi connectivity index (χ4n) is 4.93. The summed E-state index contributed by atoms with van der Waals surface area (Å²) in [5.74, 6) is -0.00481. The summed E-state index contributed by atoms with van der Waals surface area (Å²) in [4.78, 5) is 13.4. The Bertz CT molecular complexity index is 610. The maximum absolute atomic E-state index is 13.6. The van der Waals surface area contributed by atoms with E-state index in [0.717, 1.165) is 29.7 Å². The Morgan fingerprint density at radius 3 is 2.17 bits per heavy atom. The van der Waals surface area contributed by atoms with Gasteiger partial charge in [0.1, 0.15) is 5.82 Å². The van der Waals surface area contributed by atoms with Crippen molar-refractivity contribution in [3.05, 3.63) is 29.1 Å². The fourth-order valence-corrected chi connectivity index (χ4v) is 10.7. The van der Waals surface area contributed by atoms with E-state index in [1.807, 2.05) is 13.8 Å². The molecule has 1 aliphatic carbocycles. The van der Waals surface area contributed by atoms with Gasteiger partial charge in [0.25, 0.3) is 5.91 Å². The molecular formula is C20H30FNOP+. The largest absolute Gasteiger partial charge is 0.322 e. The van der Waals surface area contributed by atoms with Crippen LogP contribution in [0.1, 0.15) is 56.6 Å². The van der Waals surface area contributed by atoms with Gasteiger partial charge in [-0.25, -0.2) is 4.39 Å². The van der Waals surface area contributed by atoms with Gasteiger partial charge in [-0.05, 0) is 82.6 Å². The molecule has 2 nitrogen and oxygen atoms in total. The van der Waals surface area contributed by atoms with Gasteiger partial charge in [-0.2, -0.15) is 0 Å². The Morgan fingerprint density at radius 1 is 1.12 bits per heavy atom. The molecule has 24 heavy (non-hydrogen) atoms. The topological polar surface area (TPSA) is 29.1 Å². The normalized spacial score (nSPS) is 21.8. The van der Waals surface area contributed by atoms with Gasteiger partial charge in [0.2, 0.25) is 0 Å². The predicted octanol–water partition coefficient (Wildman–Crippen LogP) is 5.53. The highest BCUT2D eigenvalue weighted by Crippen LogP contribution is 2.76. The van der Waals surface area contributed by atoms with Crippen molar-refractivity contribution in [2.45, 2.75) is 64.5 Å². The first-order valence-corrected chi connectivity index (χ1v) is 11.7. The third-order valence-electron chi connectivity index (χ3n) is 6.52. The molecular weight excluding hydrogens is 320 g/mol. The molecule has 2 aliphatic rings. The number of nitrogens with one attached hydrogen (secondary N) is 1. The molecule has 1 saturated heterocycles. The average Bonchev–Trinajstić information content (AvgIpc) is 2.50. The molecule has 0 atom stereocenters. The summed E-state index contributed by atoms with van der Waals surface area (Å²) in [6, 6.07) is 3.03. The van der Waals surface area contributed by atoms with Crippen LogP contribution in [0.2, 0.25) is 0 Å². The van der Waals surface area contributed by atoms with Gasteiger partial charge in [0.15, 0.2) is 5.16 Å². The van der Waals surface area contributed by atoms with Gasteiger partial charge in [0.05, 0.1) is 18.5 Å². The van der Waals surface area contributed by atoms with Crippen molar-refractivity contribution in [3.63, 3.8) is 0 Å². The number of carbonyl (C=O) groups is 1. The van der Waals surface area contributed by atoms with E-state index in [2.05, 4.69) is 12.2 Å². The number of hydrogen-bond acceptors (Lipinski definition) is 1. The lowest BCUT2D eigenvalue weighted by Gasteiger charge is -2.50. The molecule has 0 unspecified atom stereocenters. The van der Waals surface area contributed by atoms with Gasteiger partial charge >= 0.3 is 0 Å². The maximum atomic E-state index is 13.6. The number of carbonyl (C=O) groups excluding carboxylic acids is 1. The zero-order valence-corrected chi connectivity index (χ0v) is 16.1. The zero-order chi connectivity index (χ0) is 17.4. The van der Waals surface area contributed by atoms with Crippen LogP contribution in [-0.2, 0) is 4.79 Å². The van der Waals surface area contributed by atoms with E-state index in [4.69, 9.17) is 0 Å². The van der Waals surface area contributed by atoms with Crippen LogP contribution in [0.4, 0.5) is 10.1 Å². The Labute approximate surface area is 145 Å². The summed E-state index contributed by atoms with van der Waals surface area (Å²) in [5.41, 5.74) is 2.46. The van der Waals surface area contributed by atoms with Gasteiger partial charge in [0, 0.05) is 12.9 Å². The van der Waals surface area contributed by atoms with E-state index < -0.39 is 7.26 Å². The highest BCUT2D eigenvalue weighted by molar-refractivity contribution is 7.78. The monoisotopic (exact) mass is 350 g/mol. The summed E-state index contributed by atoms with van der Waals surface area (Å²) in [5, 5.41) is 3.13. The Balaban J connectivity index is 1.90. The van der Waals surface area contributed by atoms with Gasteiger partial charge in [-0.3, -0.25) is 4.79 Å². The fraction of sp³-hybridized carbons (Fsp3) is 0.650. The molecule has 1 aromatic rings. The molecule has 1 N–H and O–H groups in total. The van der Waals surface area contributed by atoms with Crippen molar-refractivity contribution in [1.82, 2.24) is 0 Å². The highest BCUT2D eigenvalue weighted by Gasteiger charge is 2.64. The molecule has 0 bridgehead atoms. The van der Waals surface area contributed by atoms with Crippen LogP contribution < -0.4 is 5.32 Å². The second-order valence-electron chi connectivity index (χ2n) is 7.72. The molecule has 1 saturated carbocycles. The van der Waals surface area contributed by atoms with Crippen molar-refractivity contribution in [3.8, 4) is 0 Å². The molecule has 0 radical (unpaired) electrons. The molecule has 2 fully saturated rings. The third kappa shape index (κ3) is 2.79. The number of amides is 1.